The Hall–Kier alpha value is -2.28. The highest BCUT2D eigenvalue weighted by molar-refractivity contribution is 7.15. The molecule has 7 heteroatoms. The molecule has 0 aliphatic heterocycles. The number of para-hydroxylation sites is 1. The molecule has 0 fully saturated rings. The zero-order chi connectivity index (χ0) is 13.2. The van der Waals surface area contributed by atoms with Crippen LogP contribution in [0.4, 0.5) is 5.13 Å². The monoisotopic (exact) mass is 273 g/mol. The van der Waals surface area contributed by atoms with Gasteiger partial charge in [-0.3, -0.25) is 9.36 Å². The highest BCUT2D eigenvalue weighted by Crippen LogP contribution is 2.15. The predicted molar refractivity (Wildman–Crippen MR) is 74.6 cm³/mol. The summed E-state index contributed by atoms with van der Waals surface area (Å²) in [5, 5.41) is 13.0. The lowest BCUT2D eigenvalue weighted by Gasteiger charge is -2.03. The van der Waals surface area contributed by atoms with Gasteiger partial charge >= 0.3 is 0 Å². The first-order valence-electron chi connectivity index (χ1n) is 5.72. The van der Waals surface area contributed by atoms with E-state index in [0.717, 1.165) is 10.1 Å². The van der Waals surface area contributed by atoms with Gasteiger partial charge in [-0.1, -0.05) is 23.5 Å². The van der Waals surface area contributed by atoms with Crippen molar-refractivity contribution in [2.45, 2.75) is 6.54 Å². The van der Waals surface area contributed by atoms with E-state index in [0.29, 0.717) is 17.4 Å². The summed E-state index contributed by atoms with van der Waals surface area (Å²) in [6, 6.07) is 7.30. The number of anilines is 1. The normalized spacial score (nSPS) is 10.8. The van der Waals surface area contributed by atoms with E-state index in [4.69, 9.17) is 0 Å². The van der Waals surface area contributed by atoms with Crippen molar-refractivity contribution in [3.05, 3.63) is 46.0 Å². The van der Waals surface area contributed by atoms with Crippen LogP contribution in [0.3, 0.4) is 0 Å². The van der Waals surface area contributed by atoms with Gasteiger partial charge < -0.3 is 5.32 Å². The number of aromatic nitrogens is 4. The second-order valence-electron chi connectivity index (χ2n) is 3.95. The van der Waals surface area contributed by atoms with E-state index in [-0.39, 0.29) is 5.56 Å². The fraction of sp³-hybridized carbons (Fsp3) is 0.167. The molecule has 19 heavy (non-hydrogen) atoms. The molecule has 0 bridgehead atoms. The Balaban J connectivity index is 2.01. The summed E-state index contributed by atoms with van der Waals surface area (Å²) in [6.45, 7) is 0.385. The first-order valence-corrected chi connectivity index (χ1v) is 6.54. The van der Waals surface area contributed by atoms with Crippen molar-refractivity contribution in [1.82, 2.24) is 19.7 Å². The number of nitrogens with zero attached hydrogens (tertiary/aromatic N) is 4. The van der Waals surface area contributed by atoms with Crippen LogP contribution >= 0.6 is 11.3 Å². The number of nitrogens with one attached hydrogen (secondary N) is 1. The fourth-order valence-electron chi connectivity index (χ4n) is 1.78. The zero-order valence-electron chi connectivity index (χ0n) is 10.2. The molecule has 0 radical (unpaired) electrons. The smallest absolute Gasteiger partial charge is 0.261 e. The number of hydrogen-bond acceptors (Lipinski definition) is 6. The third-order valence-electron chi connectivity index (χ3n) is 2.72. The molecular weight excluding hydrogens is 262 g/mol. The van der Waals surface area contributed by atoms with Crippen molar-refractivity contribution in [2.24, 2.45) is 0 Å². The van der Waals surface area contributed by atoms with Crippen LogP contribution in [0.5, 0.6) is 0 Å². The molecule has 0 amide bonds. The third-order valence-corrected chi connectivity index (χ3v) is 3.64. The Bertz CT molecular complexity index is 779. The van der Waals surface area contributed by atoms with Gasteiger partial charge in [-0.2, -0.15) is 0 Å². The number of fused-ring (bicyclic) bond motifs is 1. The van der Waals surface area contributed by atoms with Crippen LogP contribution in [0.15, 0.2) is 35.4 Å². The van der Waals surface area contributed by atoms with E-state index in [2.05, 4.69) is 20.5 Å². The van der Waals surface area contributed by atoms with Crippen molar-refractivity contribution < 1.29 is 0 Å². The molecule has 0 aliphatic carbocycles. The number of benzene rings is 1. The third kappa shape index (κ3) is 2.19. The lowest BCUT2D eigenvalue weighted by molar-refractivity contribution is 0.734. The van der Waals surface area contributed by atoms with Crippen molar-refractivity contribution in [3.8, 4) is 0 Å². The molecule has 2 aromatic heterocycles. The van der Waals surface area contributed by atoms with E-state index >= 15 is 0 Å². The second kappa shape index (κ2) is 4.77. The molecular formula is C12H11N5OS. The zero-order valence-corrected chi connectivity index (χ0v) is 11.0. The molecule has 2 heterocycles. The topological polar surface area (TPSA) is 72.7 Å². The molecule has 96 valence electrons. The summed E-state index contributed by atoms with van der Waals surface area (Å²) in [7, 11) is 1.79. The molecule has 0 spiro atoms. The Kier molecular flexibility index (Phi) is 2.96. The molecule has 3 aromatic rings. The largest absolute Gasteiger partial charge is 0.363 e. The summed E-state index contributed by atoms with van der Waals surface area (Å²) in [5.74, 6) is 0. The van der Waals surface area contributed by atoms with Gasteiger partial charge in [-0.15, -0.1) is 10.2 Å². The maximum absolute atomic E-state index is 12.3. The van der Waals surface area contributed by atoms with E-state index in [1.54, 1.807) is 24.0 Å². The Labute approximate surface area is 112 Å². The fourth-order valence-corrected chi connectivity index (χ4v) is 2.48. The maximum Gasteiger partial charge on any atom is 0.261 e. The quantitative estimate of drug-likeness (QED) is 0.779. The van der Waals surface area contributed by atoms with Gasteiger partial charge in [0.25, 0.3) is 5.56 Å². The summed E-state index contributed by atoms with van der Waals surface area (Å²) in [6.07, 6.45) is 1.55. The van der Waals surface area contributed by atoms with E-state index in [1.807, 2.05) is 18.2 Å². The minimum atomic E-state index is -0.0631. The molecule has 0 saturated heterocycles. The van der Waals surface area contributed by atoms with Crippen LogP contribution in [0.1, 0.15) is 5.01 Å². The molecule has 1 N–H and O–H groups in total. The minimum absolute atomic E-state index is 0.0631. The Morgan fingerprint density at radius 1 is 1.32 bits per heavy atom. The van der Waals surface area contributed by atoms with Crippen LogP contribution in [0, 0.1) is 0 Å². The second-order valence-corrected chi connectivity index (χ2v) is 5.01. The van der Waals surface area contributed by atoms with Gasteiger partial charge in [0.1, 0.15) is 5.01 Å². The lowest BCUT2D eigenvalue weighted by atomic mass is 10.2. The molecule has 0 unspecified atom stereocenters. The molecule has 1 aromatic carbocycles. The molecule has 0 aliphatic rings. The first kappa shape index (κ1) is 11.8. The Morgan fingerprint density at radius 3 is 2.95 bits per heavy atom. The molecule has 3 rings (SSSR count). The van der Waals surface area contributed by atoms with Gasteiger partial charge in [0.15, 0.2) is 0 Å². The van der Waals surface area contributed by atoms with Crippen molar-refractivity contribution in [2.75, 3.05) is 12.4 Å². The highest BCUT2D eigenvalue weighted by atomic mass is 32.1. The molecule has 0 saturated carbocycles. The van der Waals surface area contributed by atoms with Crippen LogP contribution < -0.4 is 10.9 Å². The van der Waals surface area contributed by atoms with Crippen LogP contribution in [0.2, 0.25) is 0 Å². The predicted octanol–water partition coefficient (Wildman–Crippen LogP) is 1.34. The van der Waals surface area contributed by atoms with Gasteiger partial charge in [0.05, 0.1) is 23.8 Å². The summed E-state index contributed by atoms with van der Waals surface area (Å²) >= 11 is 1.42. The van der Waals surface area contributed by atoms with Gasteiger partial charge in [-0.05, 0) is 12.1 Å². The Morgan fingerprint density at radius 2 is 2.16 bits per heavy atom. The maximum atomic E-state index is 12.3. The van der Waals surface area contributed by atoms with Crippen LogP contribution in [-0.4, -0.2) is 26.8 Å². The van der Waals surface area contributed by atoms with Crippen molar-refractivity contribution in [3.63, 3.8) is 0 Å². The summed E-state index contributed by atoms with van der Waals surface area (Å²) in [4.78, 5) is 16.5. The molecule has 6 nitrogen and oxygen atoms in total. The number of rotatable bonds is 3. The standard InChI is InChI=1S/C12H11N5OS/c1-13-12-16-15-10(19-12)6-17-7-14-9-5-3-2-4-8(9)11(17)18/h2-5,7H,6H2,1H3,(H,13,16). The lowest BCUT2D eigenvalue weighted by Crippen LogP contribution is -2.21. The van der Waals surface area contributed by atoms with Gasteiger partial charge in [0.2, 0.25) is 5.13 Å². The summed E-state index contributed by atoms with van der Waals surface area (Å²) in [5.41, 5.74) is 0.642. The van der Waals surface area contributed by atoms with Crippen LogP contribution in [0.25, 0.3) is 10.9 Å². The minimum Gasteiger partial charge on any atom is -0.363 e. The number of hydrogen-bond donors (Lipinski definition) is 1. The van der Waals surface area contributed by atoms with E-state index < -0.39 is 0 Å². The average Bonchev–Trinajstić information content (AvgIpc) is 2.90. The van der Waals surface area contributed by atoms with E-state index in [1.165, 1.54) is 11.3 Å². The highest BCUT2D eigenvalue weighted by Gasteiger charge is 2.07. The molecule has 0 atom stereocenters. The van der Waals surface area contributed by atoms with E-state index in [9.17, 15) is 4.79 Å². The SMILES string of the molecule is CNc1nnc(Cn2cnc3ccccc3c2=O)s1. The first-order chi connectivity index (χ1) is 9.28. The van der Waals surface area contributed by atoms with Gasteiger partial charge in [0, 0.05) is 7.05 Å². The van der Waals surface area contributed by atoms with Gasteiger partial charge in [-0.25, -0.2) is 4.98 Å². The van der Waals surface area contributed by atoms with Crippen molar-refractivity contribution in [1.29, 1.82) is 0 Å². The van der Waals surface area contributed by atoms with Crippen molar-refractivity contribution >= 4 is 27.4 Å². The average molecular weight is 273 g/mol. The summed E-state index contributed by atoms with van der Waals surface area (Å²) < 4.78 is 1.54. The van der Waals surface area contributed by atoms with Crippen LogP contribution in [-0.2, 0) is 6.54 Å².